The monoisotopic (exact) mass is 445 g/mol. The van der Waals surface area contributed by atoms with Gasteiger partial charge in [0, 0.05) is 51.0 Å². The topological polar surface area (TPSA) is 70.4 Å². The van der Waals surface area contributed by atoms with Gasteiger partial charge in [-0.3, -0.25) is 4.79 Å². The van der Waals surface area contributed by atoms with Crippen molar-refractivity contribution in [1.82, 2.24) is 24.6 Å². The predicted molar refractivity (Wildman–Crippen MR) is 129 cm³/mol. The molecule has 1 aromatic carbocycles. The van der Waals surface area contributed by atoms with E-state index in [0.717, 1.165) is 55.0 Å². The van der Waals surface area contributed by atoms with Gasteiger partial charge in [0.25, 0.3) is 5.91 Å². The number of carbonyl (C=O) groups excluding carboxylic acids is 1. The summed E-state index contributed by atoms with van der Waals surface area (Å²) in [7, 11) is 0. The van der Waals surface area contributed by atoms with E-state index in [2.05, 4.69) is 25.9 Å². The molecule has 3 aromatic rings. The Morgan fingerprint density at radius 3 is 2.30 bits per heavy atom. The number of para-hydroxylation sites is 1. The second-order valence-electron chi connectivity index (χ2n) is 8.89. The Morgan fingerprint density at radius 1 is 0.848 bits per heavy atom. The molecule has 1 amide bonds. The highest BCUT2D eigenvalue weighted by atomic mass is 16.2. The lowest BCUT2D eigenvalue weighted by molar-refractivity contribution is 0.0745. The van der Waals surface area contributed by atoms with Crippen molar-refractivity contribution in [1.29, 1.82) is 0 Å². The van der Waals surface area contributed by atoms with Gasteiger partial charge in [-0.2, -0.15) is 10.1 Å². The smallest absolute Gasteiger partial charge is 0.257 e. The van der Waals surface area contributed by atoms with Gasteiger partial charge in [-0.25, -0.2) is 9.67 Å². The summed E-state index contributed by atoms with van der Waals surface area (Å²) in [6.07, 6.45) is 5.38. The number of aryl methyl sites for hydroxylation is 1. The number of benzene rings is 1. The summed E-state index contributed by atoms with van der Waals surface area (Å²) in [4.78, 5) is 29.3. The van der Waals surface area contributed by atoms with E-state index in [1.807, 2.05) is 53.8 Å². The second-order valence-corrected chi connectivity index (χ2v) is 8.89. The average Bonchev–Trinajstić information content (AvgIpc) is 3.25. The quantitative estimate of drug-likeness (QED) is 0.614. The van der Waals surface area contributed by atoms with Crippen LogP contribution in [0.4, 0.5) is 11.8 Å². The summed E-state index contributed by atoms with van der Waals surface area (Å²) < 4.78 is 1.83. The molecule has 0 saturated carbocycles. The molecular weight excluding hydrogens is 414 g/mol. The normalized spacial score (nSPS) is 16.8. The molecule has 172 valence electrons. The first-order valence-corrected chi connectivity index (χ1v) is 11.8. The van der Waals surface area contributed by atoms with Gasteiger partial charge in [-0.05, 0) is 45.2 Å². The third-order valence-electron chi connectivity index (χ3n) is 6.60. The Labute approximate surface area is 194 Å². The number of hydrogen-bond acceptors (Lipinski definition) is 6. The van der Waals surface area contributed by atoms with Gasteiger partial charge in [0.2, 0.25) is 5.95 Å². The van der Waals surface area contributed by atoms with Crippen molar-refractivity contribution < 1.29 is 4.79 Å². The maximum Gasteiger partial charge on any atom is 0.257 e. The zero-order valence-electron chi connectivity index (χ0n) is 19.4. The number of piperidine rings is 1. The van der Waals surface area contributed by atoms with E-state index in [9.17, 15) is 4.79 Å². The molecule has 8 nitrogen and oxygen atoms in total. The zero-order chi connectivity index (χ0) is 22.8. The Morgan fingerprint density at radius 2 is 1.58 bits per heavy atom. The van der Waals surface area contributed by atoms with E-state index in [4.69, 9.17) is 4.98 Å². The molecule has 2 aliphatic heterocycles. The lowest BCUT2D eigenvalue weighted by Gasteiger charge is -2.36. The van der Waals surface area contributed by atoms with E-state index in [-0.39, 0.29) is 5.91 Å². The van der Waals surface area contributed by atoms with E-state index in [1.165, 1.54) is 19.3 Å². The van der Waals surface area contributed by atoms with Gasteiger partial charge in [-0.15, -0.1) is 0 Å². The lowest BCUT2D eigenvalue weighted by Crippen LogP contribution is -2.49. The standard InChI is InChI=1S/C25H31N7O/c1-19-17-23(28-25(27-19)31-11-7-4-8-12-31)29-13-15-30(16-14-29)24(33)22-18-26-32(20(22)2)21-9-5-3-6-10-21/h3,5-6,9-10,17-18H,4,7-8,11-16H2,1-2H3. The fourth-order valence-corrected chi connectivity index (χ4v) is 4.69. The fourth-order valence-electron chi connectivity index (χ4n) is 4.69. The maximum atomic E-state index is 13.2. The van der Waals surface area contributed by atoms with Gasteiger partial charge < -0.3 is 14.7 Å². The number of piperazine rings is 1. The molecule has 5 rings (SSSR count). The van der Waals surface area contributed by atoms with Crippen LogP contribution in [-0.2, 0) is 0 Å². The molecule has 0 bridgehead atoms. The van der Waals surface area contributed by atoms with Gasteiger partial charge in [0.05, 0.1) is 23.1 Å². The summed E-state index contributed by atoms with van der Waals surface area (Å²) in [5, 5.41) is 4.47. The molecule has 2 aromatic heterocycles. The lowest BCUT2D eigenvalue weighted by atomic mass is 10.1. The summed E-state index contributed by atoms with van der Waals surface area (Å²) >= 11 is 0. The molecule has 0 radical (unpaired) electrons. The molecule has 0 N–H and O–H groups in total. The second kappa shape index (κ2) is 9.21. The van der Waals surface area contributed by atoms with Crippen LogP contribution in [0, 0.1) is 13.8 Å². The van der Waals surface area contributed by atoms with Crippen LogP contribution in [0.2, 0.25) is 0 Å². The molecule has 4 heterocycles. The Hall–Kier alpha value is -3.42. The number of rotatable bonds is 4. The Balaban J connectivity index is 1.27. The van der Waals surface area contributed by atoms with Crippen molar-refractivity contribution in [3.8, 4) is 5.69 Å². The minimum Gasteiger partial charge on any atom is -0.353 e. The summed E-state index contributed by atoms with van der Waals surface area (Å²) in [6.45, 7) is 8.89. The predicted octanol–water partition coefficient (Wildman–Crippen LogP) is 3.23. The largest absolute Gasteiger partial charge is 0.353 e. The van der Waals surface area contributed by atoms with Crippen LogP contribution < -0.4 is 9.80 Å². The number of amides is 1. The molecule has 0 unspecified atom stereocenters. The van der Waals surface area contributed by atoms with Gasteiger partial charge >= 0.3 is 0 Å². The van der Waals surface area contributed by atoms with Crippen molar-refractivity contribution in [3.05, 3.63) is 59.5 Å². The first-order valence-electron chi connectivity index (χ1n) is 11.8. The molecule has 2 saturated heterocycles. The SMILES string of the molecule is Cc1cc(N2CCN(C(=O)c3cnn(-c4ccccc4)c3C)CC2)nc(N2CCCCC2)n1. The van der Waals surface area contributed by atoms with Crippen molar-refractivity contribution in [3.63, 3.8) is 0 Å². The zero-order valence-corrected chi connectivity index (χ0v) is 19.4. The van der Waals surface area contributed by atoms with Crippen LogP contribution in [0.5, 0.6) is 0 Å². The average molecular weight is 446 g/mol. The van der Waals surface area contributed by atoms with Crippen LogP contribution in [0.15, 0.2) is 42.6 Å². The molecule has 2 fully saturated rings. The minimum absolute atomic E-state index is 0.0437. The highest BCUT2D eigenvalue weighted by Crippen LogP contribution is 2.23. The van der Waals surface area contributed by atoms with Crippen LogP contribution in [-0.4, -0.2) is 69.8 Å². The van der Waals surface area contributed by atoms with Gasteiger partial charge in [0.15, 0.2) is 0 Å². The van der Waals surface area contributed by atoms with Crippen molar-refractivity contribution in [2.45, 2.75) is 33.1 Å². The first kappa shape index (κ1) is 21.4. The molecular formula is C25H31N7O. The van der Waals surface area contributed by atoms with Crippen LogP contribution in [0.1, 0.15) is 41.0 Å². The third-order valence-corrected chi connectivity index (χ3v) is 6.60. The molecule has 0 aliphatic carbocycles. The van der Waals surface area contributed by atoms with E-state index in [0.29, 0.717) is 18.7 Å². The number of anilines is 2. The number of carbonyl (C=O) groups is 1. The Kier molecular flexibility index (Phi) is 5.98. The minimum atomic E-state index is 0.0437. The number of hydrogen-bond donors (Lipinski definition) is 0. The third kappa shape index (κ3) is 4.42. The molecule has 0 atom stereocenters. The van der Waals surface area contributed by atoms with Crippen molar-refractivity contribution in [2.24, 2.45) is 0 Å². The number of aromatic nitrogens is 4. The van der Waals surface area contributed by atoms with Gasteiger partial charge in [-0.1, -0.05) is 18.2 Å². The van der Waals surface area contributed by atoms with E-state index in [1.54, 1.807) is 6.20 Å². The van der Waals surface area contributed by atoms with Gasteiger partial charge in [0.1, 0.15) is 5.82 Å². The molecule has 8 heteroatoms. The highest BCUT2D eigenvalue weighted by molar-refractivity contribution is 5.95. The molecule has 0 spiro atoms. The van der Waals surface area contributed by atoms with E-state index >= 15 is 0 Å². The van der Waals surface area contributed by atoms with E-state index < -0.39 is 0 Å². The maximum absolute atomic E-state index is 13.2. The molecule has 2 aliphatic rings. The van der Waals surface area contributed by atoms with Crippen molar-refractivity contribution >= 4 is 17.7 Å². The van der Waals surface area contributed by atoms with Crippen molar-refractivity contribution in [2.75, 3.05) is 49.1 Å². The summed E-state index contributed by atoms with van der Waals surface area (Å²) in [6, 6.07) is 12.0. The summed E-state index contributed by atoms with van der Waals surface area (Å²) in [5.41, 5.74) is 3.48. The summed E-state index contributed by atoms with van der Waals surface area (Å²) in [5.74, 6) is 1.85. The van der Waals surface area contributed by atoms with Crippen LogP contribution in [0.3, 0.4) is 0 Å². The molecule has 33 heavy (non-hydrogen) atoms. The fraction of sp³-hybridized carbons (Fsp3) is 0.440. The van der Waals surface area contributed by atoms with Crippen LogP contribution >= 0.6 is 0 Å². The van der Waals surface area contributed by atoms with Crippen LogP contribution in [0.25, 0.3) is 5.69 Å². The number of nitrogens with zero attached hydrogens (tertiary/aromatic N) is 7. The highest BCUT2D eigenvalue weighted by Gasteiger charge is 2.26. The Bertz CT molecular complexity index is 1110. The first-order chi connectivity index (χ1) is 16.1.